The second kappa shape index (κ2) is 7.96. The Hall–Kier alpha value is -1.65. The van der Waals surface area contributed by atoms with E-state index in [4.69, 9.17) is 16.3 Å². The summed E-state index contributed by atoms with van der Waals surface area (Å²) in [6.07, 6.45) is 0. The van der Waals surface area contributed by atoms with Crippen molar-refractivity contribution in [1.82, 2.24) is 0 Å². The van der Waals surface area contributed by atoms with Gasteiger partial charge < -0.3 is 10.1 Å². The van der Waals surface area contributed by atoms with Crippen molar-refractivity contribution in [3.63, 3.8) is 0 Å². The maximum absolute atomic E-state index is 11.9. The fourth-order valence-electron chi connectivity index (χ4n) is 1.70. The maximum Gasteiger partial charge on any atom is 0.234 e. The maximum atomic E-state index is 11.9. The lowest BCUT2D eigenvalue weighted by Gasteiger charge is -2.07. The molecule has 0 aromatic heterocycles. The molecular weight excluding hydrogens is 306 g/mol. The number of halogens is 1. The minimum atomic E-state index is -0.0517. The number of nitrogens with one attached hydrogen (secondary N) is 1. The summed E-state index contributed by atoms with van der Waals surface area (Å²) in [6.45, 7) is 2.56. The average Bonchev–Trinajstić information content (AvgIpc) is 2.48. The van der Waals surface area contributed by atoms with Crippen LogP contribution in [0.1, 0.15) is 6.92 Å². The van der Waals surface area contributed by atoms with Gasteiger partial charge in [0.25, 0.3) is 0 Å². The molecule has 21 heavy (non-hydrogen) atoms. The van der Waals surface area contributed by atoms with Crippen LogP contribution in [0.3, 0.4) is 0 Å². The summed E-state index contributed by atoms with van der Waals surface area (Å²) in [4.78, 5) is 12.9. The average molecular weight is 322 g/mol. The first-order valence-electron chi connectivity index (χ1n) is 6.58. The molecule has 0 bridgehead atoms. The minimum absolute atomic E-state index is 0.0517. The Morgan fingerprint density at radius 2 is 2.00 bits per heavy atom. The highest BCUT2D eigenvalue weighted by molar-refractivity contribution is 8.00. The fourth-order valence-corrected chi connectivity index (χ4v) is 2.71. The summed E-state index contributed by atoms with van der Waals surface area (Å²) in [5, 5.41) is 3.52. The molecule has 0 aliphatic heterocycles. The number of anilines is 1. The van der Waals surface area contributed by atoms with E-state index in [1.807, 2.05) is 55.5 Å². The molecule has 0 spiro atoms. The lowest BCUT2D eigenvalue weighted by atomic mass is 10.3. The van der Waals surface area contributed by atoms with Gasteiger partial charge in [0.15, 0.2) is 0 Å². The van der Waals surface area contributed by atoms with Gasteiger partial charge in [-0.15, -0.1) is 11.8 Å². The summed E-state index contributed by atoms with van der Waals surface area (Å²) in [6, 6.07) is 14.8. The number of carbonyl (C=O) groups is 1. The van der Waals surface area contributed by atoms with Crippen molar-refractivity contribution in [3.8, 4) is 5.75 Å². The van der Waals surface area contributed by atoms with Crippen molar-refractivity contribution in [2.24, 2.45) is 0 Å². The Labute approximate surface area is 133 Å². The van der Waals surface area contributed by atoms with Gasteiger partial charge in [-0.05, 0) is 49.4 Å². The molecule has 0 saturated carbocycles. The van der Waals surface area contributed by atoms with Crippen molar-refractivity contribution >= 4 is 35.0 Å². The van der Waals surface area contributed by atoms with Crippen LogP contribution in [0, 0.1) is 0 Å². The second-order valence-corrected chi connectivity index (χ2v) is 5.74. The minimum Gasteiger partial charge on any atom is -0.494 e. The molecule has 110 valence electrons. The van der Waals surface area contributed by atoms with Crippen LogP contribution in [-0.4, -0.2) is 18.3 Å². The van der Waals surface area contributed by atoms with E-state index in [0.29, 0.717) is 17.4 Å². The Bertz CT molecular complexity index is 601. The number of rotatable bonds is 6. The van der Waals surface area contributed by atoms with E-state index < -0.39 is 0 Å². The molecule has 0 unspecified atom stereocenters. The largest absolute Gasteiger partial charge is 0.494 e. The van der Waals surface area contributed by atoms with E-state index in [2.05, 4.69) is 5.32 Å². The Balaban J connectivity index is 1.84. The van der Waals surface area contributed by atoms with Gasteiger partial charge in [0.05, 0.1) is 12.4 Å². The first-order valence-corrected chi connectivity index (χ1v) is 7.95. The molecule has 0 aliphatic rings. The molecule has 0 radical (unpaired) electrons. The van der Waals surface area contributed by atoms with Crippen LogP contribution in [0.2, 0.25) is 5.02 Å². The molecule has 0 saturated heterocycles. The highest BCUT2D eigenvalue weighted by Crippen LogP contribution is 2.22. The number of benzene rings is 2. The Kier molecular flexibility index (Phi) is 5.96. The lowest BCUT2D eigenvalue weighted by Crippen LogP contribution is -2.13. The van der Waals surface area contributed by atoms with Crippen molar-refractivity contribution in [2.75, 3.05) is 17.7 Å². The number of hydrogen-bond donors (Lipinski definition) is 1. The van der Waals surface area contributed by atoms with E-state index in [1.54, 1.807) is 0 Å². The predicted octanol–water partition coefficient (Wildman–Crippen LogP) is 4.47. The molecule has 0 atom stereocenters. The van der Waals surface area contributed by atoms with Crippen LogP contribution in [-0.2, 0) is 4.79 Å². The normalized spacial score (nSPS) is 10.2. The van der Waals surface area contributed by atoms with Crippen molar-refractivity contribution in [1.29, 1.82) is 0 Å². The third kappa shape index (κ3) is 5.33. The zero-order chi connectivity index (χ0) is 15.1. The van der Waals surface area contributed by atoms with Gasteiger partial charge in [-0.2, -0.15) is 0 Å². The fraction of sp³-hybridized carbons (Fsp3) is 0.188. The van der Waals surface area contributed by atoms with E-state index in [1.165, 1.54) is 11.8 Å². The van der Waals surface area contributed by atoms with Crippen molar-refractivity contribution in [3.05, 3.63) is 53.6 Å². The summed E-state index contributed by atoms with van der Waals surface area (Å²) < 4.78 is 5.35. The number of carbonyl (C=O) groups excluding carboxylic acids is 1. The highest BCUT2D eigenvalue weighted by atomic mass is 35.5. The van der Waals surface area contributed by atoms with Crippen LogP contribution in [0.15, 0.2) is 53.4 Å². The van der Waals surface area contributed by atoms with Gasteiger partial charge >= 0.3 is 0 Å². The molecule has 0 fully saturated rings. The number of hydrogen-bond acceptors (Lipinski definition) is 3. The van der Waals surface area contributed by atoms with Crippen LogP contribution < -0.4 is 10.1 Å². The van der Waals surface area contributed by atoms with Crippen LogP contribution in [0.5, 0.6) is 5.75 Å². The molecule has 2 rings (SSSR count). The zero-order valence-electron chi connectivity index (χ0n) is 11.6. The van der Waals surface area contributed by atoms with E-state index >= 15 is 0 Å². The molecular formula is C16H16ClNO2S. The summed E-state index contributed by atoms with van der Waals surface area (Å²) in [7, 11) is 0. The third-order valence-electron chi connectivity index (χ3n) is 2.62. The topological polar surface area (TPSA) is 38.3 Å². The number of thioether (sulfide) groups is 1. The van der Waals surface area contributed by atoms with Gasteiger partial charge in [-0.3, -0.25) is 4.79 Å². The van der Waals surface area contributed by atoms with E-state index in [-0.39, 0.29) is 5.91 Å². The number of amides is 1. The Morgan fingerprint density at radius 3 is 2.67 bits per heavy atom. The summed E-state index contributed by atoms with van der Waals surface area (Å²) in [5.74, 6) is 1.08. The predicted molar refractivity (Wildman–Crippen MR) is 88.4 cm³/mol. The molecule has 2 aromatic carbocycles. The van der Waals surface area contributed by atoms with Crippen LogP contribution >= 0.6 is 23.4 Å². The van der Waals surface area contributed by atoms with Crippen molar-refractivity contribution in [2.45, 2.75) is 11.8 Å². The van der Waals surface area contributed by atoms with Gasteiger partial charge in [0.1, 0.15) is 5.75 Å². The molecule has 0 aliphatic carbocycles. The molecule has 2 aromatic rings. The van der Waals surface area contributed by atoms with Gasteiger partial charge in [-0.25, -0.2) is 0 Å². The van der Waals surface area contributed by atoms with Crippen LogP contribution in [0.25, 0.3) is 0 Å². The molecule has 1 N–H and O–H groups in total. The van der Waals surface area contributed by atoms with E-state index in [9.17, 15) is 4.79 Å². The summed E-state index contributed by atoms with van der Waals surface area (Å²) in [5.41, 5.74) is 0.759. The zero-order valence-corrected chi connectivity index (χ0v) is 13.2. The van der Waals surface area contributed by atoms with Crippen LogP contribution in [0.4, 0.5) is 5.69 Å². The standard InChI is InChI=1S/C16H16ClNO2S/c1-2-20-14-8-6-13(7-9-14)18-16(19)11-21-15-5-3-4-12(17)10-15/h3-10H,2,11H2,1H3,(H,18,19). The molecule has 1 amide bonds. The first-order chi connectivity index (χ1) is 10.2. The quantitative estimate of drug-likeness (QED) is 0.798. The van der Waals surface area contributed by atoms with E-state index in [0.717, 1.165) is 16.3 Å². The van der Waals surface area contributed by atoms with Gasteiger partial charge in [-0.1, -0.05) is 17.7 Å². The Morgan fingerprint density at radius 1 is 1.24 bits per heavy atom. The molecule has 3 nitrogen and oxygen atoms in total. The highest BCUT2D eigenvalue weighted by Gasteiger charge is 2.04. The smallest absolute Gasteiger partial charge is 0.234 e. The first kappa shape index (κ1) is 15.7. The summed E-state index contributed by atoms with van der Waals surface area (Å²) >= 11 is 7.36. The van der Waals surface area contributed by atoms with Gasteiger partial charge in [0, 0.05) is 15.6 Å². The third-order valence-corrected chi connectivity index (χ3v) is 3.84. The lowest BCUT2D eigenvalue weighted by molar-refractivity contribution is -0.113. The monoisotopic (exact) mass is 321 g/mol. The molecule has 5 heteroatoms. The number of ether oxygens (including phenoxy) is 1. The second-order valence-electron chi connectivity index (χ2n) is 4.25. The SMILES string of the molecule is CCOc1ccc(NC(=O)CSc2cccc(Cl)c2)cc1. The van der Waals surface area contributed by atoms with Crippen molar-refractivity contribution < 1.29 is 9.53 Å². The van der Waals surface area contributed by atoms with Gasteiger partial charge in [0.2, 0.25) is 5.91 Å². The molecule has 0 heterocycles.